The molecule has 11 heteroatoms. The van der Waals surface area contributed by atoms with Crippen LogP contribution in [-0.2, 0) is 39.2 Å². The van der Waals surface area contributed by atoms with E-state index in [2.05, 4.69) is 0 Å². The standard InChI is InChI=1S/C28H20F3N3O5/c1-2-27(39-25(36)14-5-3-6-16(9-14)28(29,30)31)19-11-22-23-15(10-17-20(32)7-4-8-21(17)33-23)12-34(22)24(35)18(19)13-38-26(27)37/h3-11H,2,12-13,32H2,1H3/t27-/m0/s1. The van der Waals surface area contributed by atoms with Crippen LogP contribution in [-0.4, -0.2) is 21.5 Å². The molecule has 4 heterocycles. The zero-order valence-electron chi connectivity index (χ0n) is 20.5. The number of cyclic esters (lactones) is 1. The van der Waals surface area contributed by atoms with Gasteiger partial charge in [0.15, 0.2) is 0 Å². The minimum Gasteiger partial charge on any atom is -0.457 e. The molecule has 2 aromatic carbocycles. The summed E-state index contributed by atoms with van der Waals surface area (Å²) >= 11 is 0. The predicted molar refractivity (Wildman–Crippen MR) is 134 cm³/mol. The lowest BCUT2D eigenvalue weighted by Crippen LogP contribution is -2.47. The van der Waals surface area contributed by atoms with Crippen LogP contribution in [0.25, 0.3) is 22.3 Å². The van der Waals surface area contributed by atoms with Crippen molar-refractivity contribution in [2.45, 2.75) is 38.3 Å². The number of nitrogen functional groups attached to an aromatic ring is 1. The van der Waals surface area contributed by atoms with Crippen molar-refractivity contribution in [1.82, 2.24) is 9.55 Å². The van der Waals surface area contributed by atoms with Crippen molar-refractivity contribution < 1.29 is 32.2 Å². The van der Waals surface area contributed by atoms with Gasteiger partial charge in [0.1, 0.15) is 6.61 Å². The molecule has 39 heavy (non-hydrogen) atoms. The van der Waals surface area contributed by atoms with Crippen molar-refractivity contribution in [3.63, 3.8) is 0 Å². The molecule has 2 N–H and O–H groups in total. The Morgan fingerprint density at radius 3 is 2.67 bits per heavy atom. The summed E-state index contributed by atoms with van der Waals surface area (Å²) in [7, 11) is 0. The molecule has 0 saturated heterocycles. The molecule has 8 nitrogen and oxygen atoms in total. The van der Waals surface area contributed by atoms with Crippen LogP contribution in [0.5, 0.6) is 0 Å². The summed E-state index contributed by atoms with van der Waals surface area (Å²) in [5.41, 5.74) is 5.26. The zero-order chi connectivity index (χ0) is 27.7. The highest BCUT2D eigenvalue weighted by atomic mass is 19.4. The Morgan fingerprint density at radius 2 is 1.92 bits per heavy atom. The summed E-state index contributed by atoms with van der Waals surface area (Å²) in [6.07, 6.45) is -4.81. The van der Waals surface area contributed by atoms with Gasteiger partial charge in [0.25, 0.3) is 5.56 Å². The first kappa shape index (κ1) is 24.7. The van der Waals surface area contributed by atoms with Crippen molar-refractivity contribution >= 4 is 28.5 Å². The van der Waals surface area contributed by atoms with Crippen LogP contribution in [0.2, 0.25) is 0 Å². The molecule has 0 unspecified atom stereocenters. The van der Waals surface area contributed by atoms with Crippen LogP contribution < -0.4 is 11.3 Å². The third kappa shape index (κ3) is 3.68. The number of hydrogen-bond donors (Lipinski definition) is 1. The van der Waals surface area contributed by atoms with E-state index < -0.39 is 40.4 Å². The van der Waals surface area contributed by atoms with Gasteiger partial charge in [0, 0.05) is 22.2 Å². The average molecular weight is 535 g/mol. The second kappa shape index (κ2) is 8.42. The Morgan fingerprint density at radius 1 is 1.15 bits per heavy atom. The molecule has 0 amide bonds. The van der Waals surface area contributed by atoms with Gasteiger partial charge in [0.05, 0.1) is 40.1 Å². The number of nitrogens with two attached hydrogens (primary N) is 1. The van der Waals surface area contributed by atoms with Crippen LogP contribution in [0.1, 0.15) is 46.0 Å². The maximum atomic E-state index is 13.6. The van der Waals surface area contributed by atoms with Gasteiger partial charge in [-0.1, -0.05) is 19.1 Å². The molecule has 0 fully saturated rings. The number of hydrogen-bond acceptors (Lipinski definition) is 7. The number of halogens is 3. The highest BCUT2D eigenvalue weighted by Gasteiger charge is 2.50. The van der Waals surface area contributed by atoms with Gasteiger partial charge in [-0.3, -0.25) is 4.79 Å². The number of benzene rings is 2. The summed E-state index contributed by atoms with van der Waals surface area (Å²) in [5.74, 6) is -2.08. The molecule has 2 aliphatic heterocycles. The van der Waals surface area contributed by atoms with Crippen LogP contribution in [0.3, 0.4) is 0 Å². The Kier molecular flexibility index (Phi) is 5.32. The SMILES string of the molecule is CC[C@@]1(OC(=O)c2cccc(C(F)(F)F)c2)C(=O)OCc2c1cc1n(c2=O)Cc2cc3c(N)cccc3nc2-1. The van der Waals surface area contributed by atoms with E-state index in [0.717, 1.165) is 29.1 Å². The molecule has 2 aliphatic rings. The van der Waals surface area contributed by atoms with Crippen molar-refractivity contribution in [3.05, 3.63) is 92.8 Å². The number of fused-ring (bicyclic) bond motifs is 5. The number of anilines is 1. The third-order valence-electron chi connectivity index (χ3n) is 7.25. The molecule has 0 bridgehead atoms. The molecule has 0 saturated carbocycles. The highest BCUT2D eigenvalue weighted by molar-refractivity contribution is 5.95. The third-order valence-corrected chi connectivity index (χ3v) is 7.25. The van der Waals surface area contributed by atoms with E-state index in [0.29, 0.717) is 28.7 Å². The van der Waals surface area contributed by atoms with Crippen molar-refractivity contribution in [2.24, 2.45) is 0 Å². The van der Waals surface area contributed by atoms with Crippen molar-refractivity contribution in [2.75, 3.05) is 5.73 Å². The zero-order valence-corrected chi connectivity index (χ0v) is 20.5. The van der Waals surface area contributed by atoms with Crippen LogP contribution >= 0.6 is 0 Å². The molecule has 0 aliphatic carbocycles. The van der Waals surface area contributed by atoms with Gasteiger partial charge in [-0.05, 0) is 48.9 Å². The Hall–Kier alpha value is -4.67. The lowest BCUT2D eigenvalue weighted by molar-refractivity contribution is -0.173. The number of nitrogens with zero attached hydrogens (tertiary/aromatic N) is 2. The number of ether oxygens (including phenoxy) is 2. The maximum Gasteiger partial charge on any atom is 0.416 e. The van der Waals surface area contributed by atoms with Crippen LogP contribution in [0, 0.1) is 0 Å². The van der Waals surface area contributed by atoms with E-state index in [-0.39, 0.29) is 30.7 Å². The molecule has 0 radical (unpaired) electrons. The highest BCUT2D eigenvalue weighted by Crippen LogP contribution is 2.42. The first-order chi connectivity index (χ1) is 18.5. The first-order valence-corrected chi connectivity index (χ1v) is 12.1. The van der Waals surface area contributed by atoms with Gasteiger partial charge >= 0.3 is 18.1 Å². The number of rotatable bonds is 3. The molecular weight excluding hydrogens is 515 g/mol. The van der Waals surface area contributed by atoms with Gasteiger partial charge in [-0.25, -0.2) is 14.6 Å². The summed E-state index contributed by atoms with van der Waals surface area (Å²) in [4.78, 5) is 44.6. The smallest absolute Gasteiger partial charge is 0.416 e. The second-order valence-corrected chi connectivity index (χ2v) is 9.45. The van der Waals surface area contributed by atoms with Gasteiger partial charge in [-0.15, -0.1) is 0 Å². The normalized spacial score (nSPS) is 17.8. The topological polar surface area (TPSA) is 114 Å². The Balaban J connectivity index is 1.49. The summed E-state index contributed by atoms with van der Waals surface area (Å²) in [6.45, 7) is 1.43. The van der Waals surface area contributed by atoms with Gasteiger partial charge in [-0.2, -0.15) is 13.2 Å². The Labute approximate surface area is 218 Å². The van der Waals surface area contributed by atoms with Crippen LogP contribution in [0.15, 0.2) is 59.4 Å². The lowest BCUT2D eigenvalue weighted by Gasteiger charge is -2.35. The molecule has 2 aromatic heterocycles. The minimum atomic E-state index is -4.68. The molecule has 198 valence electrons. The quantitative estimate of drug-likeness (QED) is 0.266. The van der Waals surface area contributed by atoms with Gasteiger partial charge in [0.2, 0.25) is 5.60 Å². The predicted octanol–water partition coefficient (Wildman–Crippen LogP) is 4.55. The van der Waals surface area contributed by atoms with E-state index in [1.165, 1.54) is 4.57 Å². The number of alkyl halides is 3. The summed E-state index contributed by atoms with van der Waals surface area (Å²) in [6, 6.07) is 12.4. The first-order valence-electron chi connectivity index (χ1n) is 12.1. The fraction of sp³-hybridized carbons (Fsp3) is 0.214. The van der Waals surface area contributed by atoms with E-state index in [1.807, 2.05) is 6.07 Å². The summed E-state index contributed by atoms with van der Waals surface area (Å²) < 4.78 is 52.1. The Bertz CT molecular complexity index is 1780. The van der Waals surface area contributed by atoms with E-state index in [1.54, 1.807) is 31.2 Å². The fourth-order valence-corrected chi connectivity index (χ4v) is 5.22. The van der Waals surface area contributed by atoms with E-state index >= 15 is 0 Å². The second-order valence-electron chi connectivity index (χ2n) is 9.45. The van der Waals surface area contributed by atoms with Gasteiger partial charge < -0.3 is 19.8 Å². The average Bonchev–Trinajstić information content (AvgIpc) is 3.27. The van der Waals surface area contributed by atoms with E-state index in [4.69, 9.17) is 20.2 Å². The monoisotopic (exact) mass is 535 g/mol. The van der Waals surface area contributed by atoms with Crippen molar-refractivity contribution in [3.8, 4) is 11.4 Å². The summed E-state index contributed by atoms with van der Waals surface area (Å²) in [5, 5.41) is 0.735. The molecule has 4 aromatic rings. The molecule has 0 spiro atoms. The number of aromatic nitrogens is 2. The maximum absolute atomic E-state index is 13.6. The van der Waals surface area contributed by atoms with Crippen molar-refractivity contribution in [1.29, 1.82) is 0 Å². The number of esters is 2. The largest absolute Gasteiger partial charge is 0.457 e. The number of carbonyl (C=O) groups excluding carboxylic acids is 2. The molecule has 6 rings (SSSR count). The fourth-order valence-electron chi connectivity index (χ4n) is 5.22. The number of pyridine rings is 2. The lowest BCUT2D eigenvalue weighted by atomic mass is 9.85. The van der Waals surface area contributed by atoms with Crippen LogP contribution in [0.4, 0.5) is 18.9 Å². The minimum absolute atomic E-state index is 0.119. The molecular formula is C28H20F3N3O5. The number of carbonyl (C=O) groups is 2. The molecule has 1 atom stereocenters. The van der Waals surface area contributed by atoms with E-state index in [9.17, 15) is 27.6 Å².